The maximum atomic E-state index is 14.0. The number of ether oxygens (including phenoxy) is 1. The molecule has 2 aliphatic rings. The van der Waals surface area contributed by atoms with E-state index in [0.717, 1.165) is 4.90 Å². The number of hydrogen-bond acceptors (Lipinski definition) is 4. The quantitative estimate of drug-likeness (QED) is 0.652. The van der Waals surface area contributed by atoms with E-state index in [4.69, 9.17) is 4.74 Å². The average Bonchev–Trinajstić information content (AvgIpc) is 2.64. The molecule has 0 saturated carbocycles. The topological polar surface area (TPSA) is 70.0 Å². The Morgan fingerprint density at radius 3 is 2.00 bits per heavy atom. The lowest BCUT2D eigenvalue weighted by Gasteiger charge is -2.45. The van der Waals surface area contributed by atoms with E-state index >= 15 is 0 Å². The van der Waals surface area contributed by atoms with Gasteiger partial charge < -0.3 is 14.9 Å². The van der Waals surface area contributed by atoms with E-state index in [9.17, 15) is 23.8 Å². The van der Waals surface area contributed by atoms with Crippen molar-refractivity contribution in [3.8, 4) is 0 Å². The minimum atomic E-state index is -3.04. The average molecular weight is 279 g/mol. The van der Waals surface area contributed by atoms with Crippen LogP contribution >= 0.6 is 0 Å². The summed E-state index contributed by atoms with van der Waals surface area (Å²) in [7, 11) is 0. The summed E-state index contributed by atoms with van der Waals surface area (Å²) in [5.41, 5.74) is -0.777. The van der Waals surface area contributed by atoms with Gasteiger partial charge in [-0.15, -0.1) is 0 Å². The highest BCUT2D eigenvalue weighted by molar-refractivity contribution is 5.70. The van der Waals surface area contributed by atoms with Crippen molar-refractivity contribution in [3.63, 3.8) is 0 Å². The predicted molar refractivity (Wildman–Crippen MR) is 61.8 cm³/mol. The van der Waals surface area contributed by atoms with E-state index < -0.39 is 41.9 Å². The van der Waals surface area contributed by atoms with Gasteiger partial charge in [-0.05, 0) is 33.6 Å². The van der Waals surface area contributed by atoms with Crippen LogP contribution in [0.15, 0.2) is 0 Å². The first-order valence-electron chi connectivity index (χ1n) is 6.30. The first-order chi connectivity index (χ1) is 8.55. The molecule has 0 aromatic rings. The number of aliphatic hydroxyl groups is 2. The van der Waals surface area contributed by atoms with E-state index in [2.05, 4.69) is 0 Å². The molecule has 2 heterocycles. The summed E-state index contributed by atoms with van der Waals surface area (Å²) in [6.45, 7) is 4.96. The summed E-state index contributed by atoms with van der Waals surface area (Å²) in [5.74, 6) is -3.04. The Morgan fingerprint density at radius 1 is 1.21 bits per heavy atom. The fourth-order valence-corrected chi connectivity index (χ4v) is 2.74. The SMILES string of the molecule is CC(C)(C)OC(=O)N1[C@H]2CC[C@H]1[C@H](F)C(O)(O)[C@H]2F. The lowest BCUT2D eigenvalue weighted by atomic mass is 9.93. The number of fused-ring (bicyclic) bond motifs is 2. The number of nitrogens with zero attached hydrogens (tertiary/aromatic N) is 1. The van der Waals surface area contributed by atoms with Gasteiger partial charge in [-0.2, -0.15) is 0 Å². The summed E-state index contributed by atoms with van der Waals surface area (Å²) >= 11 is 0. The molecule has 110 valence electrons. The van der Waals surface area contributed by atoms with Crippen molar-refractivity contribution in [3.05, 3.63) is 0 Å². The molecule has 0 radical (unpaired) electrons. The van der Waals surface area contributed by atoms with Crippen LogP contribution in [0.2, 0.25) is 0 Å². The van der Waals surface area contributed by atoms with Crippen LogP contribution in [0.5, 0.6) is 0 Å². The zero-order valence-corrected chi connectivity index (χ0v) is 11.1. The number of halogens is 2. The minimum absolute atomic E-state index is 0.189. The molecule has 2 bridgehead atoms. The Balaban J connectivity index is 2.23. The second kappa shape index (κ2) is 4.28. The molecule has 4 atom stereocenters. The third-order valence-corrected chi connectivity index (χ3v) is 3.56. The third-order valence-electron chi connectivity index (χ3n) is 3.56. The first-order valence-corrected chi connectivity index (χ1v) is 6.30. The van der Waals surface area contributed by atoms with Gasteiger partial charge in [0.25, 0.3) is 0 Å². The van der Waals surface area contributed by atoms with Crippen molar-refractivity contribution in [2.75, 3.05) is 0 Å². The fraction of sp³-hybridized carbons (Fsp3) is 0.917. The van der Waals surface area contributed by atoms with Crippen molar-refractivity contribution >= 4 is 6.09 Å². The second-order valence-corrected chi connectivity index (χ2v) is 6.19. The maximum Gasteiger partial charge on any atom is 0.410 e. The third kappa shape index (κ3) is 2.29. The van der Waals surface area contributed by atoms with E-state index in [1.807, 2.05) is 0 Å². The molecule has 0 unspecified atom stereocenters. The molecule has 2 rings (SSSR count). The lowest BCUT2D eigenvalue weighted by Crippen LogP contribution is -2.67. The van der Waals surface area contributed by atoms with Gasteiger partial charge in [0.05, 0.1) is 12.1 Å². The summed E-state index contributed by atoms with van der Waals surface area (Å²) < 4.78 is 33.0. The van der Waals surface area contributed by atoms with E-state index in [1.54, 1.807) is 20.8 Å². The summed E-state index contributed by atoms with van der Waals surface area (Å²) in [5, 5.41) is 18.9. The van der Waals surface area contributed by atoms with E-state index in [-0.39, 0.29) is 12.8 Å². The van der Waals surface area contributed by atoms with Crippen molar-refractivity contribution in [2.45, 2.75) is 69.4 Å². The van der Waals surface area contributed by atoms with Crippen LogP contribution in [-0.2, 0) is 4.74 Å². The highest BCUT2D eigenvalue weighted by Gasteiger charge is 2.63. The second-order valence-electron chi connectivity index (χ2n) is 6.19. The number of carbonyl (C=O) groups is 1. The van der Waals surface area contributed by atoms with Crippen LogP contribution in [0.3, 0.4) is 0 Å². The molecule has 0 spiro atoms. The predicted octanol–water partition coefficient (Wildman–Crippen LogP) is 1.13. The molecule has 0 aromatic carbocycles. The maximum absolute atomic E-state index is 14.0. The Hall–Kier alpha value is -0.950. The van der Waals surface area contributed by atoms with Crippen molar-refractivity contribution in [2.24, 2.45) is 0 Å². The first kappa shape index (κ1) is 14.5. The molecule has 2 N–H and O–H groups in total. The lowest BCUT2D eigenvalue weighted by molar-refractivity contribution is -0.276. The van der Waals surface area contributed by atoms with Crippen LogP contribution in [-0.4, -0.2) is 57.0 Å². The molecule has 0 aromatic heterocycles. The summed E-state index contributed by atoms with van der Waals surface area (Å²) in [6, 6.07) is -2.11. The molecular formula is C12H19F2NO4. The fourth-order valence-electron chi connectivity index (χ4n) is 2.74. The van der Waals surface area contributed by atoms with Crippen LogP contribution in [0, 0.1) is 0 Å². The summed E-state index contributed by atoms with van der Waals surface area (Å²) in [4.78, 5) is 13.0. The largest absolute Gasteiger partial charge is 0.444 e. The highest BCUT2D eigenvalue weighted by Crippen LogP contribution is 2.43. The molecule has 0 aliphatic carbocycles. The standard InChI is InChI=1S/C12H19F2NO4/c1-11(2,3)19-10(16)15-6-4-5-7(15)9(14)12(17,18)8(6)13/h6-9,17-18H,4-5H2,1-3H3/t6-,7-,8-,9-/m0/s1. The van der Waals surface area contributed by atoms with Crippen LogP contribution in [0.4, 0.5) is 13.6 Å². The van der Waals surface area contributed by atoms with Gasteiger partial charge >= 0.3 is 6.09 Å². The molecule has 5 nitrogen and oxygen atoms in total. The van der Waals surface area contributed by atoms with Gasteiger partial charge in [-0.3, -0.25) is 4.90 Å². The van der Waals surface area contributed by atoms with Crippen LogP contribution < -0.4 is 0 Å². The Morgan fingerprint density at radius 2 is 1.63 bits per heavy atom. The van der Waals surface area contributed by atoms with Gasteiger partial charge in [0, 0.05) is 0 Å². The normalized spacial score (nSPS) is 37.3. The number of alkyl halides is 2. The zero-order chi connectivity index (χ0) is 14.6. The Labute approximate surface area is 110 Å². The van der Waals surface area contributed by atoms with Gasteiger partial charge in [-0.25, -0.2) is 13.6 Å². The molecule has 2 saturated heterocycles. The monoisotopic (exact) mass is 279 g/mol. The Bertz CT molecular complexity index is 362. The van der Waals surface area contributed by atoms with Crippen LogP contribution in [0.1, 0.15) is 33.6 Å². The van der Waals surface area contributed by atoms with Crippen LogP contribution in [0.25, 0.3) is 0 Å². The van der Waals surface area contributed by atoms with Gasteiger partial charge in [-0.1, -0.05) is 0 Å². The number of rotatable bonds is 0. The molecule has 2 aliphatic heterocycles. The zero-order valence-electron chi connectivity index (χ0n) is 11.1. The van der Waals surface area contributed by atoms with Gasteiger partial charge in [0.1, 0.15) is 5.60 Å². The van der Waals surface area contributed by atoms with E-state index in [1.165, 1.54) is 0 Å². The van der Waals surface area contributed by atoms with Gasteiger partial charge in [0.15, 0.2) is 12.3 Å². The number of hydrogen-bond donors (Lipinski definition) is 2. The molecule has 1 amide bonds. The number of piperidine rings is 1. The number of amides is 1. The van der Waals surface area contributed by atoms with Crippen molar-refractivity contribution in [1.29, 1.82) is 0 Å². The van der Waals surface area contributed by atoms with E-state index in [0.29, 0.717) is 0 Å². The highest BCUT2D eigenvalue weighted by atomic mass is 19.1. The molecular weight excluding hydrogens is 260 g/mol. The number of carbonyl (C=O) groups excluding carboxylic acids is 1. The molecule has 2 fully saturated rings. The minimum Gasteiger partial charge on any atom is -0.444 e. The van der Waals surface area contributed by atoms with Gasteiger partial charge in [0.2, 0.25) is 5.79 Å². The summed E-state index contributed by atoms with van der Waals surface area (Å²) in [6.07, 6.45) is -4.92. The molecule has 19 heavy (non-hydrogen) atoms. The smallest absolute Gasteiger partial charge is 0.410 e. The van der Waals surface area contributed by atoms with Crippen molar-refractivity contribution < 1.29 is 28.5 Å². The van der Waals surface area contributed by atoms with Crippen molar-refractivity contribution in [1.82, 2.24) is 4.90 Å². The molecule has 7 heteroatoms. The Kier molecular flexibility index (Phi) is 3.25.